The van der Waals surface area contributed by atoms with Gasteiger partial charge in [0.2, 0.25) is 0 Å². The molecular weight excluding hydrogens is 490 g/mol. The summed E-state index contributed by atoms with van der Waals surface area (Å²) in [7, 11) is 0. The Morgan fingerprint density at radius 1 is 0.816 bits per heavy atom. The van der Waals surface area contributed by atoms with Gasteiger partial charge in [-0.1, -0.05) is 90.5 Å². The monoisotopic (exact) mass is 519 g/mol. The summed E-state index contributed by atoms with van der Waals surface area (Å²) < 4.78 is 0. The van der Waals surface area contributed by atoms with Crippen LogP contribution in [0.2, 0.25) is 5.15 Å². The van der Waals surface area contributed by atoms with E-state index in [1.807, 2.05) is 59.5 Å². The normalized spacial score (nSPS) is 14.7. The number of likely N-dealkylation sites (tertiary alicyclic amines) is 1. The highest BCUT2D eigenvalue weighted by atomic mass is 35.5. The van der Waals surface area contributed by atoms with Crippen LogP contribution < -0.4 is 0 Å². The van der Waals surface area contributed by atoms with Crippen LogP contribution in [0.15, 0.2) is 103 Å². The molecule has 0 radical (unpaired) electrons. The molecule has 0 aliphatic carbocycles. The second-order valence-corrected chi connectivity index (χ2v) is 10.5. The fraction of sp³-hybridized carbons (Fsp3) is 0.212. The van der Waals surface area contributed by atoms with E-state index in [9.17, 15) is 4.79 Å². The molecule has 5 aromatic rings. The minimum atomic E-state index is 0.0430. The lowest BCUT2D eigenvalue weighted by molar-refractivity contribution is 0.0543. The number of nitrogens with zero attached hydrogens (tertiary/aromatic N) is 3. The topological polar surface area (TPSA) is 36.4 Å². The minimum Gasteiger partial charge on any atom is -0.331 e. The predicted octanol–water partition coefficient (Wildman–Crippen LogP) is 7.35. The number of rotatable bonds is 6. The van der Waals surface area contributed by atoms with Crippen molar-refractivity contribution in [3.8, 4) is 0 Å². The molecular formula is C33H30ClN3O. The lowest BCUT2D eigenvalue weighted by atomic mass is 9.99. The number of fused-ring (bicyclic) bond motifs is 2. The Hall–Kier alpha value is -3.73. The van der Waals surface area contributed by atoms with Gasteiger partial charge in [-0.05, 0) is 53.4 Å². The van der Waals surface area contributed by atoms with Gasteiger partial charge in [0.25, 0.3) is 5.91 Å². The summed E-state index contributed by atoms with van der Waals surface area (Å²) in [5.41, 5.74) is 3.78. The smallest absolute Gasteiger partial charge is 0.254 e. The van der Waals surface area contributed by atoms with Gasteiger partial charge in [-0.3, -0.25) is 9.69 Å². The Morgan fingerprint density at radius 3 is 2.29 bits per heavy atom. The molecule has 1 amide bonds. The van der Waals surface area contributed by atoms with E-state index in [4.69, 9.17) is 11.6 Å². The number of para-hydroxylation sites is 1. The maximum Gasteiger partial charge on any atom is 0.254 e. The quantitative estimate of drug-likeness (QED) is 0.220. The first-order chi connectivity index (χ1) is 18.6. The summed E-state index contributed by atoms with van der Waals surface area (Å²) in [6, 6.07) is 34.9. The SMILES string of the molecule is O=C(c1ccc2ccccc2c1)N(Cc1cc2ccccc2nc1Cl)C1CCN(Cc2ccccc2)CC1. The van der Waals surface area contributed by atoms with E-state index < -0.39 is 0 Å². The Balaban J connectivity index is 1.28. The molecule has 6 rings (SSSR count). The molecule has 1 saturated heterocycles. The summed E-state index contributed by atoms with van der Waals surface area (Å²) in [6.45, 7) is 3.27. The molecule has 0 N–H and O–H groups in total. The summed E-state index contributed by atoms with van der Waals surface area (Å²) in [5.74, 6) is 0.0430. The van der Waals surface area contributed by atoms with E-state index in [2.05, 4.69) is 58.4 Å². The Morgan fingerprint density at radius 2 is 1.50 bits per heavy atom. The van der Waals surface area contributed by atoms with E-state index in [1.54, 1.807) is 0 Å². The maximum atomic E-state index is 14.1. The molecule has 2 heterocycles. The van der Waals surface area contributed by atoms with Gasteiger partial charge in [0.05, 0.1) is 5.52 Å². The van der Waals surface area contributed by atoms with Gasteiger partial charge in [-0.2, -0.15) is 0 Å². The molecule has 0 unspecified atom stereocenters. The first-order valence-electron chi connectivity index (χ1n) is 13.2. The fourth-order valence-corrected chi connectivity index (χ4v) is 5.72. The maximum absolute atomic E-state index is 14.1. The standard InChI is InChI=1S/C33H30ClN3O/c34-32-29(21-27-12-6-7-13-31(27)35-32)23-37(33(38)28-15-14-25-10-4-5-11-26(25)20-28)30-16-18-36(19-17-30)22-24-8-2-1-3-9-24/h1-15,20-21,30H,16-19,22-23H2. The van der Waals surface area contributed by atoms with Crippen molar-refractivity contribution in [2.24, 2.45) is 0 Å². The molecule has 190 valence electrons. The van der Waals surface area contributed by atoms with E-state index in [0.29, 0.717) is 17.3 Å². The van der Waals surface area contributed by atoms with Crippen LogP contribution in [0.3, 0.4) is 0 Å². The highest BCUT2D eigenvalue weighted by Crippen LogP contribution is 2.28. The summed E-state index contributed by atoms with van der Waals surface area (Å²) >= 11 is 6.67. The third kappa shape index (κ3) is 5.28. The van der Waals surface area contributed by atoms with Crippen LogP contribution in [0.1, 0.15) is 34.3 Å². The molecule has 1 aliphatic rings. The van der Waals surface area contributed by atoms with Crippen LogP contribution in [0.25, 0.3) is 21.7 Å². The number of pyridine rings is 1. The molecule has 4 nitrogen and oxygen atoms in total. The van der Waals surface area contributed by atoms with E-state index >= 15 is 0 Å². The average Bonchev–Trinajstić information content (AvgIpc) is 2.96. The summed E-state index contributed by atoms with van der Waals surface area (Å²) in [5, 5.41) is 3.69. The fourth-order valence-electron chi connectivity index (χ4n) is 5.52. The highest BCUT2D eigenvalue weighted by Gasteiger charge is 2.29. The average molecular weight is 520 g/mol. The lowest BCUT2D eigenvalue weighted by Gasteiger charge is -2.39. The number of hydrogen-bond acceptors (Lipinski definition) is 3. The zero-order valence-electron chi connectivity index (χ0n) is 21.3. The van der Waals surface area contributed by atoms with E-state index in [0.717, 1.165) is 59.7 Å². The van der Waals surface area contributed by atoms with Gasteiger partial charge in [-0.25, -0.2) is 4.98 Å². The van der Waals surface area contributed by atoms with Crippen molar-refractivity contribution in [3.05, 3.63) is 125 Å². The van der Waals surface area contributed by atoms with Crippen molar-refractivity contribution in [1.82, 2.24) is 14.8 Å². The number of carbonyl (C=O) groups excluding carboxylic acids is 1. The van der Waals surface area contributed by atoms with Crippen molar-refractivity contribution in [2.45, 2.75) is 32.0 Å². The van der Waals surface area contributed by atoms with Gasteiger partial charge in [0.1, 0.15) is 5.15 Å². The number of amides is 1. The molecule has 1 aliphatic heterocycles. The van der Waals surface area contributed by atoms with Crippen LogP contribution in [0, 0.1) is 0 Å². The van der Waals surface area contributed by atoms with Crippen molar-refractivity contribution in [3.63, 3.8) is 0 Å². The van der Waals surface area contributed by atoms with Crippen LogP contribution in [0.4, 0.5) is 0 Å². The second kappa shape index (κ2) is 10.9. The number of halogens is 1. The molecule has 0 saturated carbocycles. The summed E-state index contributed by atoms with van der Waals surface area (Å²) in [4.78, 5) is 23.2. The van der Waals surface area contributed by atoms with E-state index in [-0.39, 0.29) is 11.9 Å². The molecule has 0 atom stereocenters. The van der Waals surface area contributed by atoms with Crippen LogP contribution >= 0.6 is 11.6 Å². The molecule has 4 aromatic carbocycles. The molecule has 38 heavy (non-hydrogen) atoms. The van der Waals surface area contributed by atoms with E-state index in [1.165, 1.54) is 5.56 Å². The molecule has 0 bridgehead atoms. The number of benzene rings is 4. The number of aromatic nitrogens is 1. The van der Waals surface area contributed by atoms with Gasteiger partial charge >= 0.3 is 0 Å². The van der Waals surface area contributed by atoms with Gasteiger partial charge in [0.15, 0.2) is 0 Å². The van der Waals surface area contributed by atoms with Crippen LogP contribution in [-0.4, -0.2) is 39.8 Å². The van der Waals surface area contributed by atoms with Gasteiger partial charge in [0, 0.05) is 48.7 Å². The second-order valence-electron chi connectivity index (χ2n) is 10.1. The molecule has 5 heteroatoms. The van der Waals surface area contributed by atoms with Crippen molar-refractivity contribution >= 4 is 39.2 Å². The number of carbonyl (C=O) groups is 1. The van der Waals surface area contributed by atoms with Gasteiger partial charge < -0.3 is 4.90 Å². The minimum absolute atomic E-state index is 0.0430. The van der Waals surface area contributed by atoms with Crippen molar-refractivity contribution in [2.75, 3.05) is 13.1 Å². The third-order valence-corrected chi connectivity index (χ3v) is 7.92. The Bertz CT molecular complexity index is 1580. The number of piperidine rings is 1. The first kappa shape index (κ1) is 24.6. The molecule has 1 aromatic heterocycles. The molecule has 1 fully saturated rings. The highest BCUT2D eigenvalue weighted by molar-refractivity contribution is 6.30. The Labute approximate surface area is 228 Å². The largest absolute Gasteiger partial charge is 0.331 e. The number of hydrogen-bond donors (Lipinski definition) is 0. The predicted molar refractivity (Wildman–Crippen MR) is 155 cm³/mol. The Kier molecular flexibility index (Phi) is 7.08. The zero-order valence-corrected chi connectivity index (χ0v) is 22.0. The van der Waals surface area contributed by atoms with Crippen molar-refractivity contribution < 1.29 is 4.79 Å². The van der Waals surface area contributed by atoms with Crippen LogP contribution in [0.5, 0.6) is 0 Å². The lowest BCUT2D eigenvalue weighted by Crippen LogP contribution is -2.47. The molecule has 0 spiro atoms. The zero-order chi connectivity index (χ0) is 25.9. The van der Waals surface area contributed by atoms with Crippen molar-refractivity contribution in [1.29, 1.82) is 0 Å². The van der Waals surface area contributed by atoms with Crippen LogP contribution in [-0.2, 0) is 13.1 Å². The summed E-state index contributed by atoms with van der Waals surface area (Å²) in [6.07, 6.45) is 1.84. The third-order valence-electron chi connectivity index (χ3n) is 7.59. The van der Waals surface area contributed by atoms with Gasteiger partial charge in [-0.15, -0.1) is 0 Å². The first-order valence-corrected chi connectivity index (χ1v) is 13.6.